The number of nitro benzene ring substituents is 1. The maximum atomic E-state index is 10.6. The fourth-order valence-corrected chi connectivity index (χ4v) is 1.94. The van der Waals surface area contributed by atoms with E-state index in [2.05, 4.69) is 11.4 Å². The fourth-order valence-electron chi connectivity index (χ4n) is 1.94. The van der Waals surface area contributed by atoms with Crippen molar-refractivity contribution < 1.29 is 4.92 Å². The first-order chi connectivity index (χ1) is 8.60. The quantitative estimate of drug-likeness (QED) is 0.632. The average molecular weight is 245 g/mol. The number of rotatable bonds is 3. The zero-order valence-electron chi connectivity index (χ0n) is 10.1. The lowest BCUT2D eigenvalue weighted by Gasteiger charge is -2.20. The molecule has 1 aromatic carbocycles. The third-order valence-electron chi connectivity index (χ3n) is 2.91. The van der Waals surface area contributed by atoms with Crippen LogP contribution in [0.3, 0.4) is 0 Å². The molecule has 0 saturated heterocycles. The van der Waals surface area contributed by atoms with Gasteiger partial charge in [0.2, 0.25) is 0 Å². The van der Waals surface area contributed by atoms with Crippen LogP contribution in [-0.2, 0) is 0 Å². The van der Waals surface area contributed by atoms with Gasteiger partial charge in [-0.3, -0.25) is 10.1 Å². The molecule has 0 aromatic heterocycles. The number of nitrogens with one attached hydrogen (secondary N) is 1. The summed E-state index contributed by atoms with van der Waals surface area (Å²) >= 11 is 0. The summed E-state index contributed by atoms with van der Waals surface area (Å²) in [4.78, 5) is 10.2. The van der Waals surface area contributed by atoms with Crippen molar-refractivity contribution in [3.63, 3.8) is 0 Å². The van der Waals surface area contributed by atoms with Gasteiger partial charge in [0.15, 0.2) is 0 Å². The highest BCUT2D eigenvalue weighted by molar-refractivity contribution is 5.40. The molecule has 5 nitrogen and oxygen atoms in total. The maximum Gasteiger partial charge on any atom is 0.269 e. The van der Waals surface area contributed by atoms with Crippen molar-refractivity contribution in [2.75, 3.05) is 0 Å². The first-order valence-electron chi connectivity index (χ1n) is 5.79. The molecule has 94 valence electrons. The molecule has 18 heavy (non-hydrogen) atoms. The molecule has 0 radical (unpaired) electrons. The predicted octanol–water partition coefficient (Wildman–Crippen LogP) is 2.38. The lowest BCUT2D eigenvalue weighted by atomic mass is 9.95. The van der Waals surface area contributed by atoms with E-state index in [1.54, 1.807) is 12.1 Å². The van der Waals surface area contributed by atoms with Crippen LogP contribution >= 0.6 is 0 Å². The van der Waals surface area contributed by atoms with Crippen molar-refractivity contribution in [1.29, 1.82) is 0 Å². The zero-order valence-corrected chi connectivity index (χ0v) is 10.1. The molecule has 0 fully saturated rings. The molecule has 5 heteroatoms. The van der Waals surface area contributed by atoms with E-state index >= 15 is 0 Å². The molecule has 3 N–H and O–H groups in total. The van der Waals surface area contributed by atoms with E-state index in [4.69, 9.17) is 5.73 Å². The molecular weight excluding hydrogens is 230 g/mol. The molecule has 0 aliphatic carbocycles. The van der Waals surface area contributed by atoms with Crippen LogP contribution in [0, 0.1) is 10.1 Å². The maximum absolute atomic E-state index is 10.6. The Labute approximate surface area is 105 Å². The fraction of sp³-hybridized carbons (Fsp3) is 0.231. The van der Waals surface area contributed by atoms with Gasteiger partial charge in [0.05, 0.1) is 10.7 Å². The smallest absolute Gasteiger partial charge is 0.269 e. The third-order valence-corrected chi connectivity index (χ3v) is 2.91. The van der Waals surface area contributed by atoms with Crippen LogP contribution in [0.2, 0.25) is 0 Å². The van der Waals surface area contributed by atoms with Crippen molar-refractivity contribution in [3.05, 3.63) is 63.6 Å². The number of hydrogen-bond donors (Lipinski definition) is 2. The van der Waals surface area contributed by atoms with E-state index in [0.717, 1.165) is 17.7 Å². The van der Waals surface area contributed by atoms with Crippen LogP contribution in [0.5, 0.6) is 0 Å². The number of nitrogens with zero attached hydrogens (tertiary/aromatic N) is 1. The minimum atomic E-state index is -0.399. The molecule has 1 aromatic rings. The van der Waals surface area contributed by atoms with E-state index in [1.807, 2.05) is 13.0 Å². The summed E-state index contributed by atoms with van der Waals surface area (Å²) in [7, 11) is 0. The molecule has 1 atom stereocenters. The lowest BCUT2D eigenvalue weighted by Crippen LogP contribution is -2.23. The summed E-state index contributed by atoms with van der Waals surface area (Å²) in [6.45, 7) is 2.05. The second-order valence-electron chi connectivity index (χ2n) is 4.17. The Kier molecular flexibility index (Phi) is 3.32. The Morgan fingerprint density at radius 2 is 2.00 bits per heavy atom. The molecule has 0 saturated carbocycles. The summed E-state index contributed by atoms with van der Waals surface area (Å²) in [5, 5.41) is 13.7. The van der Waals surface area contributed by atoms with Crippen LogP contribution in [0.25, 0.3) is 0 Å². The van der Waals surface area contributed by atoms with Crippen LogP contribution in [0.1, 0.15) is 24.8 Å². The van der Waals surface area contributed by atoms with Crippen molar-refractivity contribution in [1.82, 2.24) is 5.32 Å². The number of non-ortho nitro benzene ring substituents is 1. The van der Waals surface area contributed by atoms with E-state index in [1.165, 1.54) is 12.1 Å². The van der Waals surface area contributed by atoms with E-state index in [-0.39, 0.29) is 11.6 Å². The number of nitro groups is 1. The molecule has 0 spiro atoms. The average Bonchev–Trinajstić information content (AvgIpc) is 2.38. The van der Waals surface area contributed by atoms with E-state index in [9.17, 15) is 10.1 Å². The molecule has 0 amide bonds. The topological polar surface area (TPSA) is 81.2 Å². The Morgan fingerprint density at radius 3 is 2.56 bits per heavy atom. The monoisotopic (exact) mass is 245 g/mol. The van der Waals surface area contributed by atoms with Crippen molar-refractivity contribution in [3.8, 4) is 0 Å². The minimum absolute atomic E-state index is 0.0713. The second kappa shape index (κ2) is 4.91. The Balaban J connectivity index is 2.28. The van der Waals surface area contributed by atoms with Gasteiger partial charge in [-0.15, -0.1) is 0 Å². The molecule has 1 unspecified atom stereocenters. The summed E-state index contributed by atoms with van der Waals surface area (Å²) in [5.41, 5.74) is 7.97. The Bertz CT molecular complexity index is 518. The lowest BCUT2D eigenvalue weighted by molar-refractivity contribution is -0.384. The highest BCUT2D eigenvalue weighted by Gasteiger charge is 2.14. The zero-order chi connectivity index (χ0) is 13.1. The van der Waals surface area contributed by atoms with Crippen LogP contribution in [0.4, 0.5) is 5.69 Å². The van der Waals surface area contributed by atoms with Gasteiger partial charge in [0, 0.05) is 23.7 Å². The van der Waals surface area contributed by atoms with Gasteiger partial charge < -0.3 is 11.1 Å². The van der Waals surface area contributed by atoms with Gasteiger partial charge >= 0.3 is 0 Å². The van der Waals surface area contributed by atoms with Crippen molar-refractivity contribution in [2.45, 2.75) is 19.3 Å². The molecule has 1 heterocycles. The Hall–Kier alpha value is -2.30. The summed E-state index contributed by atoms with van der Waals surface area (Å²) in [6.07, 6.45) is 4.86. The minimum Gasteiger partial charge on any atom is -0.386 e. The normalized spacial score (nSPS) is 18.6. The first kappa shape index (κ1) is 12.2. The van der Waals surface area contributed by atoms with Crippen molar-refractivity contribution in [2.24, 2.45) is 5.73 Å². The summed E-state index contributed by atoms with van der Waals surface area (Å²) < 4.78 is 0. The van der Waals surface area contributed by atoms with Gasteiger partial charge in [0.25, 0.3) is 5.69 Å². The van der Waals surface area contributed by atoms with Crippen LogP contribution < -0.4 is 11.1 Å². The van der Waals surface area contributed by atoms with Crippen molar-refractivity contribution >= 4 is 5.69 Å². The van der Waals surface area contributed by atoms with E-state index < -0.39 is 4.92 Å². The van der Waals surface area contributed by atoms with Gasteiger partial charge in [-0.2, -0.15) is 0 Å². The largest absolute Gasteiger partial charge is 0.386 e. The highest BCUT2D eigenvalue weighted by Crippen LogP contribution is 2.26. The SMILES string of the molecule is CCC1=CC(c2ccc([N+](=O)[O-])cc2)C=C(N)N1. The van der Waals surface area contributed by atoms with Gasteiger partial charge in [-0.1, -0.05) is 25.1 Å². The summed E-state index contributed by atoms with van der Waals surface area (Å²) in [5.74, 6) is 0.694. The van der Waals surface area contributed by atoms with Crippen LogP contribution in [-0.4, -0.2) is 4.92 Å². The number of benzene rings is 1. The Morgan fingerprint density at radius 1 is 1.33 bits per heavy atom. The molecular formula is C13H15N3O2. The first-order valence-corrected chi connectivity index (χ1v) is 5.79. The second-order valence-corrected chi connectivity index (χ2v) is 4.17. The van der Waals surface area contributed by atoms with Gasteiger partial charge in [-0.25, -0.2) is 0 Å². The molecule has 0 bridgehead atoms. The third kappa shape index (κ3) is 2.51. The van der Waals surface area contributed by atoms with Gasteiger partial charge in [-0.05, 0) is 18.1 Å². The number of dihydropyridines is 1. The summed E-state index contributed by atoms with van der Waals surface area (Å²) in [6, 6.07) is 6.56. The van der Waals surface area contributed by atoms with E-state index in [0.29, 0.717) is 5.82 Å². The molecule has 2 rings (SSSR count). The van der Waals surface area contributed by atoms with Gasteiger partial charge in [0.1, 0.15) is 0 Å². The molecule has 1 aliphatic heterocycles. The standard InChI is InChI=1S/C13H15N3O2/c1-2-11-7-10(8-13(14)15-11)9-3-5-12(6-4-9)16(17)18/h3-8,10,15H,2,14H2,1H3. The number of nitrogens with two attached hydrogens (primary N) is 1. The van der Waals surface area contributed by atoms with Crippen LogP contribution in [0.15, 0.2) is 47.9 Å². The number of allylic oxidation sites excluding steroid dienone is 3. The predicted molar refractivity (Wildman–Crippen MR) is 69.6 cm³/mol. The number of hydrogen-bond acceptors (Lipinski definition) is 4. The highest BCUT2D eigenvalue weighted by atomic mass is 16.6. The molecule has 1 aliphatic rings.